The van der Waals surface area contributed by atoms with Gasteiger partial charge in [0.1, 0.15) is 17.4 Å². The number of carbonyl (C=O) groups is 4. The lowest BCUT2D eigenvalue weighted by Crippen LogP contribution is -2.52. The molecule has 0 bridgehead atoms. The Morgan fingerprint density at radius 2 is 1.85 bits per heavy atom. The molecule has 4 rings (SSSR count). The molecule has 0 aromatic heterocycles. The van der Waals surface area contributed by atoms with Crippen LogP contribution in [0.25, 0.3) is 0 Å². The highest BCUT2D eigenvalue weighted by atomic mass is 16.6. The summed E-state index contributed by atoms with van der Waals surface area (Å²) in [5.74, 6) is 0.192. The highest BCUT2D eigenvalue weighted by molar-refractivity contribution is 6.05. The summed E-state index contributed by atoms with van der Waals surface area (Å²) in [6, 6.07) is 4.76. The van der Waals surface area contributed by atoms with Crippen molar-refractivity contribution in [2.45, 2.75) is 71.1 Å². The molecule has 2 saturated heterocycles. The number of nitrogens with zero attached hydrogens (tertiary/aromatic N) is 2. The van der Waals surface area contributed by atoms with Crippen molar-refractivity contribution in [1.82, 2.24) is 15.1 Å². The maximum absolute atomic E-state index is 12.9. The average Bonchev–Trinajstić information content (AvgIpc) is 3.10. The minimum Gasteiger partial charge on any atom is -0.493 e. The number of amides is 4. The second kappa shape index (κ2) is 9.64. The number of hydrogen-bond acceptors (Lipinski definition) is 6. The Kier molecular flexibility index (Phi) is 6.81. The van der Waals surface area contributed by atoms with Gasteiger partial charge in [-0.1, -0.05) is 6.07 Å². The highest BCUT2D eigenvalue weighted by Gasteiger charge is 2.40. The zero-order valence-corrected chi connectivity index (χ0v) is 20.1. The van der Waals surface area contributed by atoms with Crippen LogP contribution in [0.15, 0.2) is 18.2 Å². The van der Waals surface area contributed by atoms with Crippen molar-refractivity contribution in [2.75, 3.05) is 19.7 Å². The Balaban J connectivity index is 1.29. The first-order valence-electron chi connectivity index (χ1n) is 12.0. The number of imide groups is 1. The second-order valence-corrected chi connectivity index (χ2v) is 10.2. The number of rotatable bonds is 5. The second-order valence-electron chi connectivity index (χ2n) is 10.2. The molecule has 9 heteroatoms. The van der Waals surface area contributed by atoms with E-state index in [1.807, 2.05) is 26.8 Å². The van der Waals surface area contributed by atoms with Crippen molar-refractivity contribution in [3.8, 4) is 5.75 Å². The van der Waals surface area contributed by atoms with Gasteiger partial charge in [-0.05, 0) is 64.5 Å². The van der Waals surface area contributed by atoms with Crippen LogP contribution in [-0.4, -0.2) is 65.0 Å². The van der Waals surface area contributed by atoms with Crippen molar-refractivity contribution in [2.24, 2.45) is 5.92 Å². The lowest BCUT2D eigenvalue weighted by Gasteiger charge is -2.33. The molecule has 3 heterocycles. The summed E-state index contributed by atoms with van der Waals surface area (Å²) in [4.78, 5) is 52.2. The van der Waals surface area contributed by atoms with Gasteiger partial charge in [-0.2, -0.15) is 0 Å². The smallest absolute Gasteiger partial charge is 0.410 e. The predicted molar refractivity (Wildman–Crippen MR) is 123 cm³/mol. The first-order valence-corrected chi connectivity index (χ1v) is 12.0. The molecule has 0 aliphatic carbocycles. The third-order valence-electron chi connectivity index (χ3n) is 6.59. The zero-order chi connectivity index (χ0) is 24.5. The van der Waals surface area contributed by atoms with Gasteiger partial charge in [0.15, 0.2) is 0 Å². The van der Waals surface area contributed by atoms with E-state index in [9.17, 15) is 19.2 Å². The van der Waals surface area contributed by atoms with E-state index in [0.717, 1.165) is 24.8 Å². The molecule has 1 atom stereocenters. The molecule has 3 aliphatic heterocycles. The van der Waals surface area contributed by atoms with Crippen molar-refractivity contribution >= 4 is 23.8 Å². The monoisotopic (exact) mass is 471 g/mol. The summed E-state index contributed by atoms with van der Waals surface area (Å²) >= 11 is 0. The fourth-order valence-corrected chi connectivity index (χ4v) is 4.76. The molecule has 1 unspecified atom stereocenters. The molecular weight excluding hydrogens is 438 g/mol. The Hall–Kier alpha value is -3.10. The molecule has 184 valence electrons. The first kappa shape index (κ1) is 24.0. The van der Waals surface area contributed by atoms with Crippen molar-refractivity contribution in [3.63, 3.8) is 0 Å². The van der Waals surface area contributed by atoms with Crippen molar-refractivity contribution < 1.29 is 28.7 Å². The lowest BCUT2D eigenvalue weighted by molar-refractivity contribution is -0.136. The Morgan fingerprint density at radius 1 is 1.12 bits per heavy atom. The van der Waals surface area contributed by atoms with Crippen LogP contribution in [0.1, 0.15) is 68.8 Å². The highest BCUT2D eigenvalue weighted by Crippen LogP contribution is 2.34. The predicted octanol–water partition coefficient (Wildman–Crippen LogP) is 2.86. The van der Waals surface area contributed by atoms with E-state index in [2.05, 4.69) is 5.32 Å². The van der Waals surface area contributed by atoms with Gasteiger partial charge < -0.3 is 19.3 Å². The minimum atomic E-state index is -0.638. The van der Waals surface area contributed by atoms with Crippen molar-refractivity contribution in [3.05, 3.63) is 29.3 Å². The number of benzene rings is 1. The maximum atomic E-state index is 12.9. The van der Waals surface area contributed by atoms with Crippen LogP contribution < -0.4 is 10.1 Å². The molecule has 2 fully saturated rings. The van der Waals surface area contributed by atoms with Gasteiger partial charge in [-0.3, -0.25) is 19.7 Å². The maximum Gasteiger partial charge on any atom is 0.410 e. The van der Waals surface area contributed by atoms with E-state index >= 15 is 0 Å². The standard InChI is InChI=1S/C25H33N3O6/c1-25(2,3)34-24(32)27-12-9-16(10-13-27)11-14-33-20-6-4-5-17-18(20)15-28(23(17)31)19-7-8-21(29)26-22(19)30/h4-6,16,19H,7-15H2,1-3H3,(H,26,29,30). The van der Waals surface area contributed by atoms with Crippen LogP contribution in [0, 0.1) is 5.92 Å². The molecule has 34 heavy (non-hydrogen) atoms. The molecule has 1 aromatic rings. The molecule has 1 aromatic carbocycles. The van der Waals surface area contributed by atoms with Crippen LogP contribution in [0.5, 0.6) is 5.75 Å². The number of ether oxygens (including phenoxy) is 2. The summed E-state index contributed by atoms with van der Waals surface area (Å²) in [5.41, 5.74) is 0.845. The number of carbonyl (C=O) groups excluding carboxylic acids is 4. The molecule has 4 amide bonds. The Labute approximate surface area is 199 Å². The van der Waals surface area contributed by atoms with Gasteiger partial charge in [0, 0.05) is 30.6 Å². The van der Waals surface area contributed by atoms with E-state index in [-0.39, 0.29) is 24.3 Å². The van der Waals surface area contributed by atoms with Gasteiger partial charge in [0.25, 0.3) is 5.91 Å². The van der Waals surface area contributed by atoms with E-state index in [1.165, 1.54) is 4.90 Å². The minimum absolute atomic E-state index is 0.204. The van der Waals surface area contributed by atoms with E-state index in [1.54, 1.807) is 17.0 Å². The van der Waals surface area contributed by atoms with Crippen LogP contribution >= 0.6 is 0 Å². The number of fused-ring (bicyclic) bond motifs is 1. The molecule has 0 saturated carbocycles. The molecular formula is C25H33N3O6. The fourth-order valence-electron chi connectivity index (χ4n) is 4.76. The summed E-state index contributed by atoms with van der Waals surface area (Å²) < 4.78 is 11.5. The molecule has 9 nitrogen and oxygen atoms in total. The molecule has 0 spiro atoms. The zero-order valence-electron chi connectivity index (χ0n) is 20.1. The fraction of sp³-hybridized carbons (Fsp3) is 0.600. The van der Waals surface area contributed by atoms with E-state index in [4.69, 9.17) is 9.47 Å². The quantitative estimate of drug-likeness (QED) is 0.662. The number of piperidine rings is 2. The third kappa shape index (κ3) is 5.34. The Bertz CT molecular complexity index is 977. The van der Waals surface area contributed by atoms with Gasteiger partial charge in [0.05, 0.1) is 13.2 Å². The first-order chi connectivity index (χ1) is 16.1. The van der Waals surface area contributed by atoms with Crippen LogP contribution in [0.3, 0.4) is 0 Å². The lowest BCUT2D eigenvalue weighted by atomic mass is 9.94. The summed E-state index contributed by atoms with van der Waals surface area (Å²) in [6.07, 6.45) is 2.97. The van der Waals surface area contributed by atoms with Gasteiger partial charge in [-0.25, -0.2) is 4.79 Å². The topological polar surface area (TPSA) is 105 Å². The molecule has 0 radical (unpaired) electrons. The van der Waals surface area contributed by atoms with Crippen LogP contribution in [0.4, 0.5) is 4.79 Å². The Morgan fingerprint density at radius 3 is 2.53 bits per heavy atom. The third-order valence-corrected chi connectivity index (χ3v) is 6.59. The molecule has 3 aliphatic rings. The SMILES string of the molecule is CC(C)(C)OC(=O)N1CCC(CCOc2cccc3c2CN(C2CCC(=O)NC2=O)C3=O)CC1. The largest absolute Gasteiger partial charge is 0.493 e. The van der Waals surface area contributed by atoms with E-state index < -0.39 is 17.6 Å². The van der Waals surface area contributed by atoms with Crippen LogP contribution in [-0.2, 0) is 20.9 Å². The number of likely N-dealkylation sites (tertiary alicyclic amines) is 1. The summed E-state index contributed by atoms with van der Waals surface area (Å²) in [7, 11) is 0. The van der Waals surface area contributed by atoms with Crippen molar-refractivity contribution in [1.29, 1.82) is 0 Å². The average molecular weight is 472 g/mol. The van der Waals surface area contributed by atoms with Gasteiger partial charge >= 0.3 is 6.09 Å². The molecule has 1 N–H and O–H groups in total. The number of nitrogens with one attached hydrogen (secondary N) is 1. The van der Waals surface area contributed by atoms with Gasteiger partial charge in [0.2, 0.25) is 11.8 Å². The van der Waals surface area contributed by atoms with Gasteiger partial charge in [-0.15, -0.1) is 0 Å². The summed E-state index contributed by atoms with van der Waals surface area (Å²) in [6.45, 7) is 7.77. The normalized spacial score (nSPS) is 21.4. The van der Waals surface area contributed by atoms with E-state index in [0.29, 0.717) is 49.9 Å². The van der Waals surface area contributed by atoms with Crippen LogP contribution in [0.2, 0.25) is 0 Å². The summed E-state index contributed by atoms with van der Waals surface area (Å²) in [5, 5.41) is 2.32. The number of hydrogen-bond donors (Lipinski definition) is 1.